The quantitative estimate of drug-likeness (QED) is 0.542. The number of nitrogens with zero attached hydrogens (tertiary/aromatic N) is 2. The number of ether oxygens (including phenoxy) is 2. The summed E-state index contributed by atoms with van der Waals surface area (Å²) in [6, 6.07) is 6.68. The van der Waals surface area contributed by atoms with Crippen LogP contribution in [0.15, 0.2) is 47.1 Å². The maximum atomic E-state index is 13.0. The van der Waals surface area contributed by atoms with Crippen LogP contribution in [0.2, 0.25) is 0 Å². The molecular formula is C21H21N3O4S2. The van der Waals surface area contributed by atoms with Crippen LogP contribution in [-0.4, -0.2) is 46.0 Å². The topological polar surface area (TPSA) is 94.7 Å². The van der Waals surface area contributed by atoms with E-state index in [4.69, 9.17) is 15.2 Å². The van der Waals surface area contributed by atoms with Crippen molar-refractivity contribution in [2.75, 3.05) is 12.9 Å². The Kier molecular flexibility index (Phi) is 5.94. The van der Waals surface area contributed by atoms with Gasteiger partial charge in [-0.15, -0.1) is 23.1 Å². The smallest absolute Gasteiger partial charge is 0.355 e. The van der Waals surface area contributed by atoms with E-state index < -0.39 is 12.0 Å². The lowest BCUT2D eigenvalue weighted by Gasteiger charge is -2.48. The number of methoxy groups -OCH3 is 1. The standard InChI is InChI=1S/C21H21N3O4S2/c1-12-16(30-11-23-12)8-5-14-10-29-20-17(22)19(25)24(20)18(14)21(26)28-9-13-3-6-15(27-2)7-4-13/h3-8,11,17,20H,9-10,22H2,1-2H3/b8-5-/t17-,20-/m1/s1. The normalized spacial score (nSPS) is 20.9. The van der Waals surface area contributed by atoms with Gasteiger partial charge in [0.15, 0.2) is 0 Å². The van der Waals surface area contributed by atoms with Gasteiger partial charge in [-0.25, -0.2) is 9.78 Å². The lowest BCUT2D eigenvalue weighted by molar-refractivity contribution is -0.151. The molecule has 2 atom stereocenters. The first-order valence-corrected chi connectivity index (χ1v) is 11.2. The van der Waals surface area contributed by atoms with Crippen molar-refractivity contribution in [1.82, 2.24) is 9.88 Å². The molecule has 7 nitrogen and oxygen atoms in total. The van der Waals surface area contributed by atoms with Crippen LogP contribution >= 0.6 is 23.1 Å². The average Bonchev–Trinajstić information content (AvgIpc) is 3.19. The molecule has 2 aliphatic heterocycles. The van der Waals surface area contributed by atoms with E-state index >= 15 is 0 Å². The van der Waals surface area contributed by atoms with E-state index in [1.165, 1.54) is 16.2 Å². The fourth-order valence-electron chi connectivity index (χ4n) is 3.24. The first-order valence-electron chi connectivity index (χ1n) is 9.31. The highest BCUT2D eigenvalue weighted by Gasteiger charge is 2.51. The maximum absolute atomic E-state index is 13.0. The van der Waals surface area contributed by atoms with Gasteiger partial charge in [0.1, 0.15) is 29.5 Å². The molecule has 1 fully saturated rings. The van der Waals surface area contributed by atoms with Gasteiger partial charge in [0, 0.05) is 10.6 Å². The molecule has 0 saturated carbocycles. The molecule has 2 aromatic rings. The number of benzene rings is 1. The lowest BCUT2D eigenvalue weighted by atomic mass is 10.0. The minimum atomic E-state index is -0.589. The molecule has 0 spiro atoms. The fraction of sp³-hybridized carbons (Fsp3) is 0.286. The number of carbonyl (C=O) groups excluding carboxylic acids is 2. The highest BCUT2D eigenvalue weighted by molar-refractivity contribution is 8.00. The van der Waals surface area contributed by atoms with Crippen LogP contribution in [0.5, 0.6) is 5.75 Å². The highest BCUT2D eigenvalue weighted by Crippen LogP contribution is 2.40. The van der Waals surface area contributed by atoms with Gasteiger partial charge >= 0.3 is 5.97 Å². The van der Waals surface area contributed by atoms with Crippen LogP contribution in [0.25, 0.3) is 6.08 Å². The largest absolute Gasteiger partial charge is 0.497 e. The van der Waals surface area contributed by atoms with Gasteiger partial charge in [0.25, 0.3) is 0 Å². The van der Waals surface area contributed by atoms with Crippen molar-refractivity contribution in [3.8, 4) is 5.75 Å². The second-order valence-corrected chi connectivity index (χ2v) is 8.86. The Morgan fingerprint density at radius 1 is 1.33 bits per heavy atom. The minimum Gasteiger partial charge on any atom is -0.497 e. The molecule has 1 aromatic heterocycles. The van der Waals surface area contributed by atoms with Crippen LogP contribution in [-0.2, 0) is 20.9 Å². The molecule has 0 bridgehead atoms. The SMILES string of the molecule is COc1ccc(COC(=O)C2=C(/C=C\c3scnc3C)CS[C@@H]3[C@H](N)C(=O)N23)cc1. The monoisotopic (exact) mass is 443 g/mol. The van der Waals surface area contributed by atoms with Crippen LogP contribution in [0.3, 0.4) is 0 Å². The van der Waals surface area contributed by atoms with Crippen molar-refractivity contribution in [3.63, 3.8) is 0 Å². The Hall–Kier alpha value is -2.62. The summed E-state index contributed by atoms with van der Waals surface area (Å²) in [5.74, 6) is 0.509. The Bertz CT molecular complexity index is 1030. The third-order valence-electron chi connectivity index (χ3n) is 4.98. The summed E-state index contributed by atoms with van der Waals surface area (Å²) in [4.78, 5) is 32.1. The summed E-state index contributed by atoms with van der Waals surface area (Å²) in [5.41, 5.74) is 10.5. The molecule has 30 heavy (non-hydrogen) atoms. The Labute approximate surface area is 182 Å². The van der Waals surface area contributed by atoms with Crippen molar-refractivity contribution in [2.45, 2.75) is 24.9 Å². The third kappa shape index (κ3) is 3.88. The van der Waals surface area contributed by atoms with E-state index in [-0.39, 0.29) is 23.6 Å². The zero-order chi connectivity index (χ0) is 21.3. The molecule has 0 aliphatic carbocycles. The molecular weight excluding hydrogens is 422 g/mol. The van der Waals surface area contributed by atoms with E-state index in [2.05, 4.69) is 4.98 Å². The van der Waals surface area contributed by atoms with Crippen LogP contribution < -0.4 is 10.5 Å². The Morgan fingerprint density at radius 3 is 2.77 bits per heavy atom. The molecule has 2 aliphatic rings. The number of aryl methyl sites for hydroxylation is 1. The van der Waals surface area contributed by atoms with E-state index in [0.717, 1.165) is 27.5 Å². The van der Waals surface area contributed by atoms with Crippen molar-refractivity contribution in [3.05, 3.63) is 63.3 Å². The summed E-state index contributed by atoms with van der Waals surface area (Å²) in [6.45, 7) is 2.03. The van der Waals surface area contributed by atoms with E-state index in [1.807, 2.05) is 31.2 Å². The molecule has 3 heterocycles. The number of rotatable bonds is 6. The summed E-state index contributed by atoms with van der Waals surface area (Å²) in [5, 5.41) is -0.233. The number of hydrogen-bond acceptors (Lipinski definition) is 8. The van der Waals surface area contributed by atoms with Crippen molar-refractivity contribution in [2.24, 2.45) is 5.73 Å². The van der Waals surface area contributed by atoms with Crippen molar-refractivity contribution in [1.29, 1.82) is 0 Å². The van der Waals surface area contributed by atoms with Gasteiger partial charge in [-0.2, -0.15) is 0 Å². The molecule has 2 N–H and O–H groups in total. The molecule has 1 saturated heterocycles. The summed E-state index contributed by atoms with van der Waals surface area (Å²) >= 11 is 3.07. The fourth-order valence-corrected chi connectivity index (χ4v) is 5.20. The van der Waals surface area contributed by atoms with Crippen LogP contribution in [0.1, 0.15) is 16.1 Å². The van der Waals surface area contributed by atoms with Gasteiger partial charge < -0.3 is 15.2 Å². The average molecular weight is 444 g/mol. The van der Waals surface area contributed by atoms with Crippen LogP contribution in [0.4, 0.5) is 0 Å². The van der Waals surface area contributed by atoms with E-state index in [0.29, 0.717) is 5.75 Å². The summed E-state index contributed by atoms with van der Waals surface area (Å²) in [7, 11) is 1.59. The number of amides is 1. The van der Waals surface area contributed by atoms with Gasteiger partial charge in [-0.05, 0) is 36.3 Å². The van der Waals surface area contributed by atoms with Gasteiger partial charge in [0.2, 0.25) is 5.91 Å². The first-order chi connectivity index (χ1) is 14.5. The second kappa shape index (κ2) is 8.63. The number of β-lactam (4-membered cyclic amide) rings is 1. The molecule has 4 rings (SSSR count). The number of esters is 1. The third-order valence-corrected chi connectivity index (χ3v) is 7.20. The summed E-state index contributed by atoms with van der Waals surface area (Å²) in [6.07, 6.45) is 3.79. The van der Waals surface area contributed by atoms with E-state index in [1.54, 1.807) is 36.5 Å². The first kappa shape index (κ1) is 20.6. The van der Waals surface area contributed by atoms with Crippen molar-refractivity contribution < 1.29 is 19.1 Å². The number of carbonyl (C=O) groups is 2. The summed E-state index contributed by atoms with van der Waals surface area (Å²) < 4.78 is 10.7. The molecule has 0 radical (unpaired) electrons. The number of aromatic nitrogens is 1. The number of nitrogens with two attached hydrogens (primary N) is 1. The molecule has 156 valence electrons. The number of thiazole rings is 1. The van der Waals surface area contributed by atoms with Gasteiger partial charge in [-0.3, -0.25) is 9.69 Å². The zero-order valence-electron chi connectivity index (χ0n) is 16.5. The number of allylic oxidation sites excluding steroid dienone is 1. The number of thioether (sulfide) groups is 1. The van der Waals surface area contributed by atoms with Gasteiger partial charge in [0.05, 0.1) is 18.3 Å². The zero-order valence-corrected chi connectivity index (χ0v) is 18.2. The van der Waals surface area contributed by atoms with E-state index in [9.17, 15) is 9.59 Å². The number of fused-ring (bicyclic) bond motifs is 1. The molecule has 0 unspecified atom stereocenters. The molecule has 9 heteroatoms. The van der Waals surface area contributed by atoms with Crippen molar-refractivity contribution >= 4 is 41.1 Å². The Balaban J connectivity index is 1.57. The molecule has 1 amide bonds. The van der Waals surface area contributed by atoms with Crippen LogP contribution in [0, 0.1) is 6.92 Å². The molecule has 1 aromatic carbocycles. The number of hydrogen-bond donors (Lipinski definition) is 1. The second-order valence-electron chi connectivity index (χ2n) is 6.87. The maximum Gasteiger partial charge on any atom is 0.355 e. The Morgan fingerprint density at radius 2 is 2.10 bits per heavy atom. The lowest BCUT2D eigenvalue weighted by Crippen LogP contribution is -2.68. The highest BCUT2D eigenvalue weighted by atomic mass is 32.2. The minimum absolute atomic E-state index is 0.100. The predicted octanol–water partition coefficient (Wildman–Crippen LogP) is 2.71. The van der Waals surface area contributed by atoms with Gasteiger partial charge in [-0.1, -0.05) is 18.2 Å². The predicted molar refractivity (Wildman–Crippen MR) is 117 cm³/mol.